The third-order valence-corrected chi connectivity index (χ3v) is 4.15. The first-order chi connectivity index (χ1) is 9.65. The van der Waals surface area contributed by atoms with Crippen molar-refractivity contribution in [3.05, 3.63) is 52.8 Å². The Morgan fingerprint density at radius 1 is 1.35 bits per heavy atom. The minimum atomic E-state index is 0.484. The number of hydrogen-bond acceptors (Lipinski definition) is 2. The molecule has 3 heteroatoms. The molecule has 0 amide bonds. The van der Waals surface area contributed by atoms with E-state index in [1.807, 2.05) is 11.7 Å². The summed E-state index contributed by atoms with van der Waals surface area (Å²) in [4.78, 5) is 0. The summed E-state index contributed by atoms with van der Waals surface area (Å²) < 4.78 is 1.92. The molecule has 1 aliphatic rings. The van der Waals surface area contributed by atoms with Crippen LogP contribution < -0.4 is 5.32 Å². The molecule has 0 bridgehead atoms. The lowest BCUT2D eigenvalue weighted by Gasteiger charge is -2.30. The first-order valence-corrected chi connectivity index (χ1v) is 7.46. The normalized spacial score (nSPS) is 17.1. The largest absolute Gasteiger partial charge is 0.312 e. The van der Waals surface area contributed by atoms with Crippen molar-refractivity contribution in [2.24, 2.45) is 7.05 Å². The summed E-state index contributed by atoms with van der Waals surface area (Å²) >= 11 is 0. The lowest BCUT2D eigenvalue weighted by Crippen LogP contribution is -2.29. The standard InChI is InChI=1S/C17H23N3/c1-12(2)17-15(11-20(3)19-17)10-18-9-14-8-13-6-4-5-7-16(13)14/h4-7,11-12,14,18H,8-10H2,1-3H3. The topological polar surface area (TPSA) is 29.9 Å². The summed E-state index contributed by atoms with van der Waals surface area (Å²) in [7, 11) is 2.00. The van der Waals surface area contributed by atoms with Crippen LogP contribution >= 0.6 is 0 Å². The Bertz CT molecular complexity index is 598. The van der Waals surface area contributed by atoms with Gasteiger partial charge in [-0.05, 0) is 23.5 Å². The lowest BCUT2D eigenvalue weighted by molar-refractivity contribution is 0.534. The quantitative estimate of drug-likeness (QED) is 0.904. The predicted molar refractivity (Wildman–Crippen MR) is 81.9 cm³/mol. The molecular weight excluding hydrogens is 246 g/mol. The molecule has 2 aromatic rings. The number of nitrogens with one attached hydrogen (secondary N) is 1. The first kappa shape index (κ1) is 13.4. The van der Waals surface area contributed by atoms with E-state index in [1.165, 1.54) is 28.8 Å². The van der Waals surface area contributed by atoms with Gasteiger partial charge in [-0.2, -0.15) is 5.10 Å². The van der Waals surface area contributed by atoms with E-state index in [2.05, 4.69) is 54.7 Å². The maximum Gasteiger partial charge on any atom is 0.0694 e. The van der Waals surface area contributed by atoms with Gasteiger partial charge in [0.2, 0.25) is 0 Å². The molecule has 1 unspecified atom stereocenters. The van der Waals surface area contributed by atoms with Crippen molar-refractivity contribution in [3.63, 3.8) is 0 Å². The van der Waals surface area contributed by atoms with Crippen molar-refractivity contribution in [2.45, 2.75) is 38.6 Å². The number of aryl methyl sites for hydroxylation is 1. The molecule has 3 rings (SSSR count). The van der Waals surface area contributed by atoms with Crippen LogP contribution in [0, 0.1) is 0 Å². The highest BCUT2D eigenvalue weighted by Gasteiger charge is 2.24. The van der Waals surface area contributed by atoms with Crippen LogP contribution in [0.1, 0.15) is 48.1 Å². The van der Waals surface area contributed by atoms with Crippen LogP contribution in [0.4, 0.5) is 0 Å². The van der Waals surface area contributed by atoms with Gasteiger partial charge in [0, 0.05) is 37.8 Å². The molecule has 0 radical (unpaired) electrons. The highest BCUT2D eigenvalue weighted by Crippen LogP contribution is 2.34. The molecule has 1 aromatic carbocycles. The molecule has 106 valence electrons. The van der Waals surface area contributed by atoms with Crippen molar-refractivity contribution >= 4 is 0 Å². The third-order valence-electron chi connectivity index (χ3n) is 4.15. The first-order valence-electron chi connectivity index (χ1n) is 7.46. The molecule has 1 aromatic heterocycles. The molecule has 0 aliphatic heterocycles. The number of hydrogen-bond donors (Lipinski definition) is 1. The van der Waals surface area contributed by atoms with E-state index in [0.29, 0.717) is 11.8 Å². The van der Waals surface area contributed by atoms with Crippen molar-refractivity contribution in [2.75, 3.05) is 6.54 Å². The zero-order valence-electron chi connectivity index (χ0n) is 12.6. The van der Waals surface area contributed by atoms with Gasteiger partial charge < -0.3 is 5.32 Å². The number of fused-ring (bicyclic) bond motifs is 1. The fourth-order valence-corrected chi connectivity index (χ4v) is 3.10. The molecule has 0 saturated carbocycles. The smallest absolute Gasteiger partial charge is 0.0694 e. The predicted octanol–water partition coefficient (Wildman–Crippen LogP) is 2.97. The molecular formula is C17H23N3. The summed E-state index contributed by atoms with van der Waals surface area (Å²) in [5.74, 6) is 1.17. The van der Waals surface area contributed by atoms with E-state index in [4.69, 9.17) is 0 Å². The highest BCUT2D eigenvalue weighted by molar-refractivity contribution is 5.40. The van der Waals surface area contributed by atoms with Gasteiger partial charge in [0.05, 0.1) is 5.69 Å². The summed E-state index contributed by atoms with van der Waals surface area (Å²) in [5, 5.41) is 8.15. The Kier molecular flexibility index (Phi) is 3.62. The minimum Gasteiger partial charge on any atom is -0.312 e. The molecule has 1 N–H and O–H groups in total. The maximum atomic E-state index is 4.55. The lowest BCUT2D eigenvalue weighted by atomic mass is 9.77. The van der Waals surface area contributed by atoms with Crippen molar-refractivity contribution in [1.29, 1.82) is 0 Å². The van der Waals surface area contributed by atoms with Crippen LogP contribution in [-0.4, -0.2) is 16.3 Å². The summed E-state index contributed by atoms with van der Waals surface area (Å²) in [5.41, 5.74) is 5.59. The average Bonchev–Trinajstić information content (AvgIpc) is 2.76. The Morgan fingerprint density at radius 3 is 2.90 bits per heavy atom. The van der Waals surface area contributed by atoms with Crippen LogP contribution in [0.15, 0.2) is 30.5 Å². The van der Waals surface area contributed by atoms with Gasteiger partial charge in [-0.1, -0.05) is 38.1 Å². The number of aromatic nitrogens is 2. The number of nitrogens with zero attached hydrogens (tertiary/aromatic N) is 2. The van der Waals surface area contributed by atoms with Gasteiger partial charge >= 0.3 is 0 Å². The number of benzene rings is 1. The molecule has 0 spiro atoms. The molecule has 1 aliphatic carbocycles. The SMILES string of the molecule is CC(C)c1nn(C)cc1CNCC1Cc2ccccc21. The Balaban J connectivity index is 1.57. The molecule has 0 saturated heterocycles. The monoisotopic (exact) mass is 269 g/mol. The Hall–Kier alpha value is -1.61. The van der Waals surface area contributed by atoms with Crippen LogP contribution in [0.2, 0.25) is 0 Å². The van der Waals surface area contributed by atoms with Crippen molar-refractivity contribution in [3.8, 4) is 0 Å². The van der Waals surface area contributed by atoms with Crippen LogP contribution in [0.5, 0.6) is 0 Å². The van der Waals surface area contributed by atoms with E-state index in [0.717, 1.165) is 13.1 Å². The van der Waals surface area contributed by atoms with Crippen LogP contribution in [-0.2, 0) is 20.0 Å². The van der Waals surface area contributed by atoms with Gasteiger partial charge in [0.1, 0.15) is 0 Å². The van der Waals surface area contributed by atoms with E-state index in [-0.39, 0.29) is 0 Å². The van der Waals surface area contributed by atoms with Crippen LogP contribution in [0.25, 0.3) is 0 Å². The molecule has 20 heavy (non-hydrogen) atoms. The fraction of sp³-hybridized carbons (Fsp3) is 0.471. The van der Waals surface area contributed by atoms with Gasteiger partial charge in [-0.3, -0.25) is 4.68 Å². The number of rotatable bonds is 5. The molecule has 1 heterocycles. The maximum absolute atomic E-state index is 4.55. The summed E-state index contributed by atoms with van der Waals surface area (Å²) in [6.45, 7) is 6.38. The zero-order chi connectivity index (χ0) is 14.1. The second-order valence-electron chi connectivity index (χ2n) is 6.10. The summed E-state index contributed by atoms with van der Waals surface area (Å²) in [6.07, 6.45) is 3.35. The molecule has 0 fully saturated rings. The van der Waals surface area contributed by atoms with E-state index < -0.39 is 0 Å². The van der Waals surface area contributed by atoms with Gasteiger partial charge in [0.15, 0.2) is 0 Å². The van der Waals surface area contributed by atoms with Crippen molar-refractivity contribution in [1.82, 2.24) is 15.1 Å². The van der Waals surface area contributed by atoms with Crippen molar-refractivity contribution < 1.29 is 0 Å². The van der Waals surface area contributed by atoms with Gasteiger partial charge in [-0.15, -0.1) is 0 Å². The van der Waals surface area contributed by atoms with Gasteiger partial charge in [0.25, 0.3) is 0 Å². The van der Waals surface area contributed by atoms with Gasteiger partial charge in [-0.25, -0.2) is 0 Å². The molecule has 1 atom stereocenters. The summed E-state index contributed by atoms with van der Waals surface area (Å²) in [6, 6.07) is 8.77. The van der Waals surface area contributed by atoms with E-state index in [9.17, 15) is 0 Å². The fourth-order valence-electron chi connectivity index (χ4n) is 3.10. The van der Waals surface area contributed by atoms with Crippen LogP contribution in [0.3, 0.4) is 0 Å². The minimum absolute atomic E-state index is 0.484. The second-order valence-corrected chi connectivity index (χ2v) is 6.10. The van der Waals surface area contributed by atoms with E-state index in [1.54, 1.807) is 0 Å². The third kappa shape index (κ3) is 2.50. The average molecular weight is 269 g/mol. The molecule has 3 nitrogen and oxygen atoms in total. The van der Waals surface area contributed by atoms with E-state index >= 15 is 0 Å². The zero-order valence-corrected chi connectivity index (χ0v) is 12.6. The Labute approximate surface area is 121 Å². The Morgan fingerprint density at radius 2 is 2.15 bits per heavy atom. The second kappa shape index (κ2) is 5.41. The highest BCUT2D eigenvalue weighted by atomic mass is 15.3.